The minimum Gasteiger partial charge on any atom is -0.497 e. The molecule has 140 valence electrons. The van der Waals surface area contributed by atoms with Gasteiger partial charge < -0.3 is 14.5 Å². The molecule has 0 aliphatic heterocycles. The van der Waals surface area contributed by atoms with Crippen LogP contribution in [0.5, 0.6) is 11.5 Å². The second kappa shape index (κ2) is 6.68. The Hall–Kier alpha value is -2.77. The quantitative estimate of drug-likeness (QED) is 0.363. The Labute approximate surface area is 173 Å². The lowest BCUT2D eigenvalue weighted by Gasteiger charge is -2.08. The predicted molar refractivity (Wildman–Crippen MR) is 117 cm³/mol. The Bertz CT molecular complexity index is 1320. The number of methoxy groups -OCH3 is 2. The summed E-state index contributed by atoms with van der Waals surface area (Å²) in [6, 6.07) is 12.0. The number of benzene rings is 2. The normalized spacial score (nSPS) is 11.4. The van der Waals surface area contributed by atoms with E-state index in [1.165, 1.54) is 5.39 Å². The van der Waals surface area contributed by atoms with E-state index >= 15 is 0 Å². The molecule has 0 aliphatic carbocycles. The van der Waals surface area contributed by atoms with Gasteiger partial charge in [0.1, 0.15) is 11.5 Å². The molecule has 0 atom stereocenters. The van der Waals surface area contributed by atoms with Gasteiger partial charge in [-0.1, -0.05) is 15.9 Å². The van der Waals surface area contributed by atoms with Gasteiger partial charge in [-0.3, -0.25) is 4.40 Å². The summed E-state index contributed by atoms with van der Waals surface area (Å²) in [6.45, 7) is 0. The molecule has 5 nitrogen and oxygen atoms in total. The number of nitrogens with zero attached hydrogens (tertiary/aromatic N) is 2. The molecule has 28 heavy (non-hydrogen) atoms. The van der Waals surface area contributed by atoms with Crippen LogP contribution in [0.1, 0.15) is 0 Å². The summed E-state index contributed by atoms with van der Waals surface area (Å²) in [7, 11) is 3.32. The highest BCUT2D eigenvalue weighted by molar-refractivity contribution is 9.10. The van der Waals surface area contributed by atoms with Crippen molar-refractivity contribution in [1.82, 2.24) is 14.4 Å². The fourth-order valence-electron chi connectivity index (χ4n) is 3.43. The lowest BCUT2D eigenvalue weighted by atomic mass is 10.1. The molecular weight excluding hydrogens is 438 g/mol. The molecule has 0 aliphatic rings. The molecule has 0 amide bonds. The fourth-order valence-corrected chi connectivity index (χ4v) is 4.66. The second-order valence-electron chi connectivity index (χ2n) is 6.36. The van der Waals surface area contributed by atoms with Crippen LogP contribution < -0.4 is 9.47 Å². The number of ether oxygens (including phenoxy) is 2. The van der Waals surface area contributed by atoms with Crippen molar-refractivity contribution in [3.8, 4) is 34.0 Å². The van der Waals surface area contributed by atoms with Gasteiger partial charge in [0.25, 0.3) is 0 Å². The number of aromatic nitrogens is 3. The number of aromatic amines is 1. The number of fused-ring (bicyclic) bond motifs is 2. The van der Waals surface area contributed by atoms with Crippen LogP contribution in [0.25, 0.3) is 38.4 Å². The van der Waals surface area contributed by atoms with Gasteiger partial charge >= 0.3 is 0 Å². The van der Waals surface area contributed by atoms with Gasteiger partial charge in [0.2, 0.25) is 0 Å². The number of H-pyrrole nitrogens is 1. The van der Waals surface area contributed by atoms with Gasteiger partial charge in [0, 0.05) is 44.3 Å². The first-order chi connectivity index (χ1) is 13.7. The predicted octanol–water partition coefficient (Wildman–Crippen LogP) is 5.99. The number of hydrogen-bond donors (Lipinski definition) is 1. The van der Waals surface area contributed by atoms with Crippen LogP contribution in [0.4, 0.5) is 0 Å². The molecule has 0 fully saturated rings. The van der Waals surface area contributed by atoms with Crippen molar-refractivity contribution in [2.75, 3.05) is 14.2 Å². The van der Waals surface area contributed by atoms with Crippen molar-refractivity contribution < 1.29 is 9.47 Å². The molecule has 5 aromatic rings. The molecule has 5 rings (SSSR count). The molecule has 0 saturated heterocycles. The van der Waals surface area contributed by atoms with Crippen LogP contribution in [0.2, 0.25) is 0 Å². The van der Waals surface area contributed by atoms with Crippen molar-refractivity contribution >= 4 is 43.1 Å². The van der Waals surface area contributed by atoms with E-state index < -0.39 is 0 Å². The molecule has 7 heteroatoms. The van der Waals surface area contributed by atoms with Gasteiger partial charge in [0.15, 0.2) is 4.96 Å². The van der Waals surface area contributed by atoms with Gasteiger partial charge in [-0.2, -0.15) is 0 Å². The smallest absolute Gasteiger partial charge is 0.194 e. The van der Waals surface area contributed by atoms with E-state index in [4.69, 9.17) is 14.5 Å². The lowest BCUT2D eigenvalue weighted by molar-refractivity contribution is 0.404. The average molecular weight is 454 g/mol. The van der Waals surface area contributed by atoms with E-state index in [0.29, 0.717) is 0 Å². The van der Waals surface area contributed by atoms with Crippen LogP contribution >= 0.6 is 27.3 Å². The fraction of sp³-hybridized carbons (Fsp3) is 0.0952. The van der Waals surface area contributed by atoms with Crippen LogP contribution in [-0.4, -0.2) is 28.6 Å². The van der Waals surface area contributed by atoms with E-state index in [9.17, 15) is 0 Å². The summed E-state index contributed by atoms with van der Waals surface area (Å²) in [6.07, 6.45) is 4.10. The largest absolute Gasteiger partial charge is 0.497 e. The van der Waals surface area contributed by atoms with Crippen LogP contribution in [0.3, 0.4) is 0 Å². The van der Waals surface area contributed by atoms with Gasteiger partial charge in [-0.25, -0.2) is 4.98 Å². The van der Waals surface area contributed by atoms with Crippen molar-refractivity contribution in [3.63, 3.8) is 0 Å². The second-order valence-corrected chi connectivity index (χ2v) is 8.11. The Morgan fingerprint density at radius 2 is 1.96 bits per heavy atom. The van der Waals surface area contributed by atoms with Crippen LogP contribution in [0, 0.1) is 0 Å². The summed E-state index contributed by atoms with van der Waals surface area (Å²) < 4.78 is 14.1. The summed E-state index contributed by atoms with van der Waals surface area (Å²) in [5.74, 6) is 1.54. The third-order valence-corrected chi connectivity index (χ3v) is 6.14. The monoisotopic (exact) mass is 453 g/mol. The molecule has 0 radical (unpaired) electrons. The molecule has 3 heterocycles. The maximum Gasteiger partial charge on any atom is 0.194 e. The first-order valence-corrected chi connectivity index (χ1v) is 10.3. The van der Waals surface area contributed by atoms with Crippen molar-refractivity contribution in [3.05, 3.63) is 58.6 Å². The minimum atomic E-state index is 0.768. The highest BCUT2D eigenvalue weighted by Gasteiger charge is 2.16. The molecule has 0 bridgehead atoms. The molecule has 2 aromatic carbocycles. The van der Waals surface area contributed by atoms with Crippen molar-refractivity contribution in [2.45, 2.75) is 0 Å². The maximum atomic E-state index is 5.53. The Morgan fingerprint density at radius 3 is 2.79 bits per heavy atom. The average Bonchev–Trinajstić information content (AvgIpc) is 3.41. The number of thiazole rings is 1. The molecule has 0 unspecified atom stereocenters. The van der Waals surface area contributed by atoms with Crippen molar-refractivity contribution in [2.24, 2.45) is 0 Å². The Morgan fingerprint density at radius 1 is 1.07 bits per heavy atom. The summed E-state index contributed by atoms with van der Waals surface area (Å²) >= 11 is 5.19. The topological polar surface area (TPSA) is 51.5 Å². The molecule has 0 spiro atoms. The van der Waals surface area contributed by atoms with E-state index in [2.05, 4.69) is 49.0 Å². The first kappa shape index (κ1) is 17.3. The van der Waals surface area contributed by atoms with Gasteiger partial charge in [-0.15, -0.1) is 11.3 Å². The van der Waals surface area contributed by atoms with E-state index in [1.807, 2.05) is 30.5 Å². The lowest BCUT2D eigenvalue weighted by Crippen LogP contribution is -1.90. The number of nitrogens with one attached hydrogen (secondary N) is 1. The number of rotatable bonds is 4. The number of imidazole rings is 1. The summed E-state index contributed by atoms with van der Waals surface area (Å²) in [4.78, 5) is 9.11. The molecule has 3 aromatic heterocycles. The molecule has 1 N–H and O–H groups in total. The SMILES string of the molecule is COc1ccc(OC)c(-c2cn3c(-c4c[nH]c5ccc(Br)cc45)csc3n2)c1. The zero-order valence-corrected chi connectivity index (χ0v) is 17.6. The zero-order valence-electron chi connectivity index (χ0n) is 15.2. The van der Waals surface area contributed by atoms with E-state index in [0.717, 1.165) is 49.0 Å². The highest BCUT2D eigenvalue weighted by Crippen LogP contribution is 2.37. The highest BCUT2D eigenvalue weighted by atomic mass is 79.9. The van der Waals surface area contributed by atoms with Crippen LogP contribution in [-0.2, 0) is 0 Å². The summed E-state index contributed by atoms with van der Waals surface area (Å²) in [5.41, 5.74) is 5.11. The summed E-state index contributed by atoms with van der Waals surface area (Å²) in [5, 5.41) is 3.31. The third-order valence-electron chi connectivity index (χ3n) is 4.81. The number of halogens is 1. The zero-order chi connectivity index (χ0) is 19.3. The third kappa shape index (κ3) is 2.70. The minimum absolute atomic E-state index is 0.768. The van der Waals surface area contributed by atoms with E-state index in [-0.39, 0.29) is 0 Å². The van der Waals surface area contributed by atoms with E-state index in [1.54, 1.807) is 25.6 Å². The molecular formula is C21H16BrN3O2S. The van der Waals surface area contributed by atoms with Crippen molar-refractivity contribution in [1.29, 1.82) is 0 Å². The van der Waals surface area contributed by atoms with Gasteiger partial charge in [0.05, 0.1) is 25.6 Å². The Kier molecular flexibility index (Phi) is 4.14. The van der Waals surface area contributed by atoms with Crippen LogP contribution in [0.15, 0.2) is 58.6 Å². The Balaban J connectivity index is 1.69. The number of hydrogen-bond acceptors (Lipinski definition) is 4. The first-order valence-electron chi connectivity index (χ1n) is 8.64. The standard InChI is InChI=1S/C21H16BrN3O2S/c1-26-13-4-6-20(27-2)15(8-13)18-10-25-19(11-28-21(25)24-18)16-9-23-17-5-3-12(22)7-14(16)17/h3-11,23H,1-2H3. The maximum absolute atomic E-state index is 5.53. The van der Waals surface area contributed by atoms with Gasteiger partial charge in [-0.05, 0) is 36.4 Å². The molecule has 0 saturated carbocycles.